The molecule has 2 rings (SSSR count). The van der Waals surface area contributed by atoms with Crippen molar-refractivity contribution in [2.24, 2.45) is 0 Å². The Kier molecular flexibility index (Phi) is 5.83. The Morgan fingerprint density at radius 2 is 2.14 bits per heavy atom. The van der Waals surface area contributed by atoms with Crippen molar-refractivity contribution in [1.29, 1.82) is 0 Å². The number of carbonyl (C=O) groups is 1. The highest BCUT2D eigenvalue weighted by molar-refractivity contribution is 9.11. The molecular formula is C13H13Br2N3O2S. The summed E-state index contributed by atoms with van der Waals surface area (Å²) < 4.78 is 3.83. The summed E-state index contributed by atoms with van der Waals surface area (Å²) in [5, 5.41) is 17.8. The number of carboxylic acid groups (broad SMARTS) is 1. The zero-order valence-corrected chi connectivity index (χ0v) is 15.2. The normalized spacial score (nSPS) is 10.8. The summed E-state index contributed by atoms with van der Waals surface area (Å²) in [6, 6.07) is 5.84. The molecule has 0 saturated heterocycles. The monoisotopic (exact) mass is 433 g/mol. The van der Waals surface area contributed by atoms with Gasteiger partial charge in [-0.3, -0.25) is 4.79 Å². The Morgan fingerprint density at radius 1 is 1.38 bits per heavy atom. The SMILES string of the molecule is CCCn1c(SCC(=O)O)nnc1-c1cc(Br)ccc1Br. The van der Waals surface area contributed by atoms with Gasteiger partial charge in [-0.25, -0.2) is 0 Å². The number of hydrogen-bond acceptors (Lipinski definition) is 4. The highest BCUT2D eigenvalue weighted by atomic mass is 79.9. The molecule has 0 spiro atoms. The van der Waals surface area contributed by atoms with Crippen molar-refractivity contribution >= 4 is 49.6 Å². The van der Waals surface area contributed by atoms with Crippen molar-refractivity contribution in [3.8, 4) is 11.4 Å². The number of benzene rings is 1. The van der Waals surface area contributed by atoms with E-state index in [0.717, 1.165) is 33.3 Å². The number of carboxylic acids is 1. The van der Waals surface area contributed by atoms with Gasteiger partial charge in [0.15, 0.2) is 11.0 Å². The number of halogens is 2. The maximum atomic E-state index is 10.7. The highest BCUT2D eigenvalue weighted by Crippen LogP contribution is 2.32. The molecule has 0 amide bonds. The van der Waals surface area contributed by atoms with Gasteiger partial charge in [0.2, 0.25) is 0 Å². The maximum absolute atomic E-state index is 10.7. The van der Waals surface area contributed by atoms with Gasteiger partial charge >= 0.3 is 5.97 Å². The third-order valence-electron chi connectivity index (χ3n) is 2.66. The van der Waals surface area contributed by atoms with Gasteiger partial charge in [-0.05, 0) is 24.6 Å². The lowest BCUT2D eigenvalue weighted by Crippen LogP contribution is -2.04. The van der Waals surface area contributed by atoms with E-state index >= 15 is 0 Å². The van der Waals surface area contributed by atoms with Crippen LogP contribution in [0.2, 0.25) is 0 Å². The minimum absolute atomic E-state index is 0.0263. The summed E-state index contributed by atoms with van der Waals surface area (Å²) in [4.78, 5) is 10.7. The van der Waals surface area contributed by atoms with Crippen molar-refractivity contribution < 1.29 is 9.90 Å². The first-order chi connectivity index (χ1) is 10.0. The molecule has 0 fully saturated rings. The van der Waals surface area contributed by atoms with Crippen LogP contribution in [0.3, 0.4) is 0 Å². The van der Waals surface area contributed by atoms with E-state index in [0.29, 0.717) is 5.16 Å². The first-order valence-electron chi connectivity index (χ1n) is 6.26. The Balaban J connectivity index is 2.43. The van der Waals surface area contributed by atoms with Gasteiger partial charge in [-0.2, -0.15) is 0 Å². The molecule has 8 heteroatoms. The first-order valence-corrected chi connectivity index (χ1v) is 8.83. The summed E-state index contributed by atoms with van der Waals surface area (Å²) in [5.41, 5.74) is 0.924. The van der Waals surface area contributed by atoms with Crippen molar-refractivity contribution in [3.05, 3.63) is 27.1 Å². The summed E-state index contributed by atoms with van der Waals surface area (Å²) in [6.45, 7) is 2.80. The lowest BCUT2D eigenvalue weighted by molar-refractivity contribution is -0.133. The fourth-order valence-corrected chi connectivity index (χ4v) is 3.28. The molecule has 0 aliphatic heterocycles. The van der Waals surface area contributed by atoms with Crippen molar-refractivity contribution in [2.45, 2.75) is 25.0 Å². The van der Waals surface area contributed by atoms with Crippen LogP contribution in [0.25, 0.3) is 11.4 Å². The maximum Gasteiger partial charge on any atom is 0.313 e. The molecule has 0 aliphatic rings. The number of aliphatic carboxylic acids is 1. The van der Waals surface area contributed by atoms with Crippen LogP contribution in [0.1, 0.15) is 13.3 Å². The van der Waals surface area contributed by atoms with E-state index in [1.54, 1.807) is 0 Å². The number of thioether (sulfide) groups is 1. The zero-order valence-electron chi connectivity index (χ0n) is 11.2. The number of rotatable bonds is 6. The molecule has 1 heterocycles. The second-order valence-corrected chi connectivity index (χ2v) is 6.98. The molecule has 1 aromatic carbocycles. The minimum atomic E-state index is -0.865. The van der Waals surface area contributed by atoms with Crippen molar-refractivity contribution in [2.75, 3.05) is 5.75 Å². The predicted molar refractivity (Wildman–Crippen MR) is 89.5 cm³/mol. The number of hydrogen-bond donors (Lipinski definition) is 1. The van der Waals surface area contributed by atoms with Crippen LogP contribution in [0, 0.1) is 0 Å². The lowest BCUT2D eigenvalue weighted by Gasteiger charge is -2.10. The van der Waals surface area contributed by atoms with E-state index in [1.165, 1.54) is 11.8 Å². The molecule has 0 unspecified atom stereocenters. The Morgan fingerprint density at radius 3 is 2.81 bits per heavy atom. The number of aromatic nitrogens is 3. The number of nitrogens with zero attached hydrogens (tertiary/aromatic N) is 3. The van der Waals surface area contributed by atoms with E-state index in [2.05, 4.69) is 49.0 Å². The van der Waals surface area contributed by atoms with Gasteiger partial charge in [0.25, 0.3) is 0 Å². The topological polar surface area (TPSA) is 68.0 Å². The smallest absolute Gasteiger partial charge is 0.313 e. The average Bonchev–Trinajstić information content (AvgIpc) is 2.82. The average molecular weight is 435 g/mol. The summed E-state index contributed by atoms with van der Waals surface area (Å²) in [5.74, 6) is -0.157. The third kappa shape index (κ3) is 4.08. The van der Waals surface area contributed by atoms with Crippen molar-refractivity contribution in [3.63, 3.8) is 0 Å². The molecule has 21 heavy (non-hydrogen) atoms. The Labute approximate surface area is 143 Å². The van der Waals surface area contributed by atoms with E-state index in [9.17, 15) is 4.79 Å². The standard InChI is InChI=1S/C13H13Br2N3O2S/c1-2-5-18-12(9-6-8(14)3-4-10(9)15)16-17-13(18)21-7-11(19)20/h3-4,6H,2,5,7H2,1H3,(H,19,20). The molecule has 0 saturated carbocycles. The Hall–Kier alpha value is -0.860. The quantitative estimate of drug-likeness (QED) is 0.694. The molecule has 0 aliphatic carbocycles. The van der Waals surface area contributed by atoms with Gasteiger partial charge in [0, 0.05) is 21.1 Å². The second kappa shape index (κ2) is 7.42. The van der Waals surface area contributed by atoms with Crippen LogP contribution in [0.5, 0.6) is 0 Å². The zero-order chi connectivity index (χ0) is 15.4. The highest BCUT2D eigenvalue weighted by Gasteiger charge is 2.17. The summed E-state index contributed by atoms with van der Waals surface area (Å²) in [7, 11) is 0. The van der Waals surface area contributed by atoms with Crippen LogP contribution in [-0.2, 0) is 11.3 Å². The van der Waals surface area contributed by atoms with E-state index in [-0.39, 0.29) is 5.75 Å². The largest absolute Gasteiger partial charge is 0.481 e. The van der Waals surface area contributed by atoms with E-state index < -0.39 is 5.97 Å². The Bertz CT molecular complexity index is 661. The van der Waals surface area contributed by atoms with Crippen LogP contribution in [-0.4, -0.2) is 31.6 Å². The van der Waals surface area contributed by atoms with E-state index in [1.807, 2.05) is 22.8 Å². The van der Waals surface area contributed by atoms with Gasteiger partial charge in [0.05, 0.1) is 5.75 Å². The minimum Gasteiger partial charge on any atom is -0.481 e. The molecule has 0 radical (unpaired) electrons. The van der Waals surface area contributed by atoms with Gasteiger partial charge in [-0.15, -0.1) is 10.2 Å². The van der Waals surface area contributed by atoms with Crippen LogP contribution in [0.15, 0.2) is 32.3 Å². The fourth-order valence-electron chi connectivity index (χ4n) is 1.82. The fraction of sp³-hybridized carbons (Fsp3) is 0.308. The molecule has 2 aromatic rings. The lowest BCUT2D eigenvalue weighted by atomic mass is 10.2. The summed E-state index contributed by atoms with van der Waals surface area (Å²) >= 11 is 8.16. The predicted octanol–water partition coefficient (Wildman–Crippen LogP) is 4.06. The molecular weight excluding hydrogens is 422 g/mol. The van der Waals surface area contributed by atoms with Crippen LogP contribution < -0.4 is 0 Å². The van der Waals surface area contributed by atoms with Crippen LogP contribution in [0.4, 0.5) is 0 Å². The first kappa shape index (κ1) is 16.5. The van der Waals surface area contributed by atoms with Gasteiger partial charge < -0.3 is 9.67 Å². The van der Waals surface area contributed by atoms with Crippen molar-refractivity contribution in [1.82, 2.24) is 14.8 Å². The van der Waals surface area contributed by atoms with Crippen LogP contribution >= 0.6 is 43.6 Å². The molecule has 1 aromatic heterocycles. The molecule has 0 bridgehead atoms. The molecule has 112 valence electrons. The van der Waals surface area contributed by atoms with E-state index in [4.69, 9.17) is 5.11 Å². The third-order valence-corrected chi connectivity index (χ3v) is 4.79. The van der Waals surface area contributed by atoms with Gasteiger partial charge in [0.1, 0.15) is 0 Å². The summed E-state index contributed by atoms with van der Waals surface area (Å²) in [6.07, 6.45) is 0.914. The van der Waals surface area contributed by atoms with Gasteiger partial charge in [-0.1, -0.05) is 50.5 Å². The molecule has 1 N–H and O–H groups in total. The molecule has 5 nitrogen and oxygen atoms in total. The molecule has 0 atom stereocenters. The second-order valence-electron chi connectivity index (χ2n) is 4.26.